The van der Waals surface area contributed by atoms with Crippen molar-refractivity contribution in [3.8, 4) is 5.69 Å². The van der Waals surface area contributed by atoms with Crippen LogP contribution in [-0.2, 0) is 17.9 Å². The van der Waals surface area contributed by atoms with Crippen molar-refractivity contribution in [2.24, 2.45) is 0 Å². The SMILES string of the molecule is O=C(NCc1nc(C(=O)O)nn1-c1ccc(Cl)cc1C(=O)c1ncccc1F)OCc1ccccc1. The van der Waals surface area contributed by atoms with Crippen molar-refractivity contribution in [2.75, 3.05) is 0 Å². The van der Waals surface area contributed by atoms with Crippen LogP contribution in [0.15, 0.2) is 66.9 Å². The van der Waals surface area contributed by atoms with Gasteiger partial charge in [-0.3, -0.25) is 4.79 Å². The number of ketones is 1. The largest absolute Gasteiger partial charge is 0.475 e. The Hall–Kier alpha value is -4.64. The summed E-state index contributed by atoms with van der Waals surface area (Å²) in [5.74, 6) is -3.69. The van der Waals surface area contributed by atoms with Crippen LogP contribution < -0.4 is 5.32 Å². The summed E-state index contributed by atoms with van der Waals surface area (Å²) in [6.07, 6.45) is 0.475. The number of ether oxygens (including phenoxy) is 1. The average Bonchev–Trinajstić information content (AvgIpc) is 3.31. The molecule has 2 aromatic heterocycles. The first-order valence-corrected chi connectivity index (χ1v) is 10.8. The maximum atomic E-state index is 14.3. The Balaban J connectivity index is 1.63. The van der Waals surface area contributed by atoms with Gasteiger partial charge >= 0.3 is 12.1 Å². The number of aromatic carboxylic acids is 1. The van der Waals surface area contributed by atoms with Crippen molar-refractivity contribution in [1.29, 1.82) is 0 Å². The second-order valence-corrected chi connectivity index (χ2v) is 7.74. The van der Waals surface area contributed by atoms with Gasteiger partial charge in [-0.1, -0.05) is 41.9 Å². The van der Waals surface area contributed by atoms with Crippen molar-refractivity contribution >= 4 is 29.4 Å². The van der Waals surface area contributed by atoms with Gasteiger partial charge in [-0.25, -0.2) is 28.6 Å². The zero-order valence-corrected chi connectivity index (χ0v) is 19.1. The van der Waals surface area contributed by atoms with Gasteiger partial charge in [-0.15, -0.1) is 5.10 Å². The topological polar surface area (TPSA) is 136 Å². The molecule has 4 rings (SSSR count). The molecule has 1 amide bonds. The number of rotatable bonds is 8. The third kappa shape index (κ3) is 5.53. The normalized spacial score (nSPS) is 10.6. The van der Waals surface area contributed by atoms with Crippen LogP contribution >= 0.6 is 11.6 Å². The molecule has 0 aliphatic heterocycles. The van der Waals surface area contributed by atoms with Crippen molar-refractivity contribution in [1.82, 2.24) is 25.1 Å². The molecule has 2 N–H and O–H groups in total. The standard InChI is InChI=1S/C24H17ClFN5O5/c25-15-8-9-18(16(11-15)21(32)20-17(26)7-4-10-27-20)31-19(29-22(30-31)23(33)34)12-28-24(35)36-13-14-5-2-1-3-6-14/h1-11H,12-13H2,(H,28,35)(H,33,34). The molecular formula is C24H17ClFN5O5. The number of hydrogen-bond donors (Lipinski definition) is 2. The number of carbonyl (C=O) groups is 3. The first kappa shape index (κ1) is 24.5. The number of pyridine rings is 1. The molecule has 0 aliphatic rings. The Morgan fingerprint density at radius 3 is 2.58 bits per heavy atom. The molecule has 0 atom stereocenters. The molecular weight excluding hydrogens is 493 g/mol. The summed E-state index contributed by atoms with van der Waals surface area (Å²) in [6, 6.07) is 15.5. The predicted octanol–water partition coefficient (Wildman–Crippen LogP) is 3.81. The van der Waals surface area contributed by atoms with E-state index in [0.717, 1.165) is 16.3 Å². The van der Waals surface area contributed by atoms with Gasteiger partial charge in [0, 0.05) is 11.2 Å². The van der Waals surface area contributed by atoms with Gasteiger partial charge < -0.3 is 15.2 Å². The molecule has 0 fully saturated rings. The molecule has 36 heavy (non-hydrogen) atoms. The number of nitrogens with one attached hydrogen (secondary N) is 1. The Kier molecular flexibility index (Phi) is 7.31. The van der Waals surface area contributed by atoms with E-state index in [1.165, 1.54) is 30.5 Å². The second kappa shape index (κ2) is 10.7. The Morgan fingerprint density at radius 1 is 1.08 bits per heavy atom. The lowest BCUT2D eigenvalue weighted by Crippen LogP contribution is -2.25. The second-order valence-electron chi connectivity index (χ2n) is 7.31. The lowest BCUT2D eigenvalue weighted by Gasteiger charge is -2.12. The van der Waals surface area contributed by atoms with Crippen LogP contribution in [0.4, 0.5) is 9.18 Å². The summed E-state index contributed by atoms with van der Waals surface area (Å²) in [5.41, 5.74) is 0.276. The van der Waals surface area contributed by atoms with Crippen LogP contribution in [0.5, 0.6) is 0 Å². The van der Waals surface area contributed by atoms with Crippen molar-refractivity contribution in [3.05, 3.63) is 106 Å². The monoisotopic (exact) mass is 509 g/mol. The molecule has 0 saturated heterocycles. The summed E-state index contributed by atoms with van der Waals surface area (Å²) in [5, 5.41) is 16.0. The molecule has 2 heterocycles. The first-order chi connectivity index (χ1) is 17.3. The number of carbonyl (C=O) groups excluding carboxylic acids is 2. The van der Waals surface area contributed by atoms with Crippen molar-refractivity contribution < 1.29 is 28.6 Å². The molecule has 0 bridgehead atoms. The highest BCUT2D eigenvalue weighted by Gasteiger charge is 2.24. The van der Waals surface area contributed by atoms with E-state index in [1.807, 2.05) is 6.07 Å². The van der Waals surface area contributed by atoms with Gasteiger partial charge in [0.1, 0.15) is 12.3 Å². The third-order valence-electron chi connectivity index (χ3n) is 4.87. The molecule has 0 spiro atoms. The molecule has 0 radical (unpaired) electrons. The van der Waals surface area contributed by atoms with E-state index in [-0.39, 0.29) is 35.2 Å². The molecule has 4 aromatic rings. The Bertz CT molecular complexity index is 1440. The minimum absolute atomic E-state index is 0.0191. The summed E-state index contributed by atoms with van der Waals surface area (Å²) >= 11 is 6.08. The fraction of sp³-hybridized carbons (Fsp3) is 0.0833. The lowest BCUT2D eigenvalue weighted by atomic mass is 10.0. The van der Waals surface area contributed by atoms with E-state index in [0.29, 0.717) is 0 Å². The fourth-order valence-corrected chi connectivity index (χ4v) is 3.39. The summed E-state index contributed by atoms with van der Waals surface area (Å²) in [4.78, 5) is 44.6. The van der Waals surface area contributed by atoms with Crippen LogP contribution in [0.25, 0.3) is 5.69 Å². The van der Waals surface area contributed by atoms with E-state index in [2.05, 4.69) is 20.4 Å². The number of hydrogen-bond acceptors (Lipinski definition) is 7. The number of carboxylic acid groups (broad SMARTS) is 1. The summed E-state index contributed by atoms with van der Waals surface area (Å²) in [7, 11) is 0. The first-order valence-electron chi connectivity index (χ1n) is 10.4. The number of benzene rings is 2. The quantitative estimate of drug-likeness (QED) is 0.342. The van der Waals surface area contributed by atoms with Gasteiger partial charge in [-0.2, -0.15) is 0 Å². The highest BCUT2D eigenvalue weighted by atomic mass is 35.5. The van der Waals surface area contributed by atoms with E-state index in [4.69, 9.17) is 16.3 Å². The van der Waals surface area contributed by atoms with Crippen LogP contribution in [0.3, 0.4) is 0 Å². The van der Waals surface area contributed by atoms with Crippen LogP contribution in [0.2, 0.25) is 5.02 Å². The molecule has 0 saturated carbocycles. The van der Waals surface area contributed by atoms with Crippen LogP contribution in [-0.4, -0.2) is 42.7 Å². The Morgan fingerprint density at radius 2 is 1.86 bits per heavy atom. The van der Waals surface area contributed by atoms with Gasteiger partial charge in [0.15, 0.2) is 11.6 Å². The molecule has 0 aliphatic carbocycles. The predicted molar refractivity (Wildman–Crippen MR) is 124 cm³/mol. The lowest BCUT2D eigenvalue weighted by molar-refractivity contribution is 0.0683. The van der Waals surface area contributed by atoms with Crippen LogP contribution in [0.1, 0.15) is 38.1 Å². The van der Waals surface area contributed by atoms with E-state index < -0.39 is 35.2 Å². The fourth-order valence-electron chi connectivity index (χ4n) is 3.22. The van der Waals surface area contributed by atoms with Gasteiger partial charge in [0.25, 0.3) is 5.82 Å². The van der Waals surface area contributed by atoms with E-state index in [9.17, 15) is 23.9 Å². The molecule has 12 heteroatoms. The molecule has 0 unspecified atom stereocenters. The number of aromatic nitrogens is 4. The highest BCUT2D eigenvalue weighted by Crippen LogP contribution is 2.24. The van der Waals surface area contributed by atoms with Crippen molar-refractivity contribution in [2.45, 2.75) is 13.2 Å². The number of carboxylic acids is 1. The molecule has 10 nitrogen and oxygen atoms in total. The maximum absolute atomic E-state index is 14.3. The molecule has 182 valence electrons. The number of alkyl carbamates (subject to hydrolysis) is 1. The van der Waals surface area contributed by atoms with Gasteiger partial charge in [0.2, 0.25) is 5.78 Å². The number of nitrogens with zero attached hydrogens (tertiary/aromatic N) is 4. The minimum Gasteiger partial charge on any atom is -0.475 e. The Labute approximate surface area is 208 Å². The zero-order valence-electron chi connectivity index (χ0n) is 18.4. The summed E-state index contributed by atoms with van der Waals surface area (Å²) in [6.45, 7) is -0.271. The number of amides is 1. The maximum Gasteiger partial charge on any atom is 0.407 e. The highest BCUT2D eigenvalue weighted by molar-refractivity contribution is 6.31. The van der Waals surface area contributed by atoms with E-state index in [1.54, 1.807) is 24.3 Å². The average molecular weight is 510 g/mol. The zero-order chi connectivity index (χ0) is 25.7. The minimum atomic E-state index is -1.43. The van der Waals surface area contributed by atoms with Crippen LogP contribution in [0, 0.1) is 5.82 Å². The third-order valence-corrected chi connectivity index (χ3v) is 5.11. The summed E-state index contributed by atoms with van der Waals surface area (Å²) < 4.78 is 20.5. The van der Waals surface area contributed by atoms with Gasteiger partial charge in [-0.05, 0) is 35.9 Å². The number of halogens is 2. The smallest absolute Gasteiger partial charge is 0.407 e. The van der Waals surface area contributed by atoms with Crippen molar-refractivity contribution in [3.63, 3.8) is 0 Å². The molecule has 2 aromatic carbocycles. The van der Waals surface area contributed by atoms with Gasteiger partial charge in [0.05, 0.1) is 17.8 Å². The van der Waals surface area contributed by atoms with E-state index >= 15 is 0 Å².